The number of ketones is 1. The van der Waals surface area contributed by atoms with Gasteiger partial charge in [-0.3, -0.25) is 9.78 Å². The third-order valence-corrected chi connectivity index (χ3v) is 2.89. The molecule has 17 heavy (non-hydrogen) atoms. The molecule has 86 valence electrons. The molecule has 0 bridgehead atoms. The Morgan fingerprint density at radius 1 is 1.35 bits per heavy atom. The minimum Gasteiger partial charge on any atom is -0.287 e. The van der Waals surface area contributed by atoms with Gasteiger partial charge >= 0.3 is 0 Å². The van der Waals surface area contributed by atoms with Crippen molar-refractivity contribution in [2.75, 3.05) is 0 Å². The summed E-state index contributed by atoms with van der Waals surface area (Å²) in [5.74, 6) is -0.940. The van der Waals surface area contributed by atoms with Gasteiger partial charge in [0.25, 0.3) is 0 Å². The SMILES string of the molecule is Cc1cccnc1C(=O)c1cc(Br)ccc1F. The fraction of sp³-hybridized carbons (Fsp3) is 0.0769. The molecule has 0 unspecified atom stereocenters. The fourth-order valence-corrected chi connectivity index (χ4v) is 1.88. The normalized spacial score (nSPS) is 10.3. The van der Waals surface area contributed by atoms with E-state index in [2.05, 4.69) is 20.9 Å². The van der Waals surface area contributed by atoms with Gasteiger partial charge in [-0.2, -0.15) is 0 Å². The number of nitrogens with zero attached hydrogens (tertiary/aromatic N) is 1. The predicted molar refractivity (Wildman–Crippen MR) is 66.5 cm³/mol. The number of pyridine rings is 1. The van der Waals surface area contributed by atoms with Gasteiger partial charge in [-0.1, -0.05) is 22.0 Å². The van der Waals surface area contributed by atoms with Crippen LogP contribution in [0.1, 0.15) is 21.6 Å². The Kier molecular flexibility index (Phi) is 3.33. The minimum atomic E-state index is -0.539. The van der Waals surface area contributed by atoms with E-state index in [1.165, 1.54) is 18.3 Å². The number of aryl methyl sites for hydroxylation is 1. The van der Waals surface area contributed by atoms with Gasteiger partial charge in [-0.15, -0.1) is 0 Å². The number of rotatable bonds is 2. The molecular weight excluding hydrogens is 285 g/mol. The van der Waals surface area contributed by atoms with Crippen LogP contribution >= 0.6 is 15.9 Å². The third-order valence-electron chi connectivity index (χ3n) is 2.40. The fourth-order valence-electron chi connectivity index (χ4n) is 1.52. The van der Waals surface area contributed by atoms with Crippen molar-refractivity contribution in [1.29, 1.82) is 0 Å². The van der Waals surface area contributed by atoms with Gasteiger partial charge in [0.1, 0.15) is 11.5 Å². The van der Waals surface area contributed by atoms with Gasteiger partial charge in [0.15, 0.2) is 0 Å². The monoisotopic (exact) mass is 293 g/mol. The van der Waals surface area contributed by atoms with Crippen molar-refractivity contribution in [2.45, 2.75) is 6.92 Å². The number of carbonyl (C=O) groups excluding carboxylic acids is 1. The van der Waals surface area contributed by atoms with Crippen LogP contribution in [-0.2, 0) is 0 Å². The first kappa shape index (κ1) is 11.9. The highest BCUT2D eigenvalue weighted by Crippen LogP contribution is 2.19. The zero-order valence-corrected chi connectivity index (χ0v) is 10.7. The molecule has 2 aromatic rings. The Balaban J connectivity index is 2.51. The summed E-state index contributed by atoms with van der Waals surface area (Å²) in [6.07, 6.45) is 1.52. The van der Waals surface area contributed by atoms with Crippen LogP contribution < -0.4 is 0 Å². The zero-order valence-electron chi connectivity index (χ0n) is 9.08. The highest BCUT2D eigenvalue weighted by atomic mass is 79.9. The summed E-state index contributed by atoms with van der Waals surface area (Å²) >= 11 is 3.22. The lowest BCUT2D eigenvalue weighted by Gasteiger charge is -2.05. The lowest BCUT2D eigenvalue weighted by molar-refractivity contribution is 0.103. The zero-order chi connectivity index (χ0) is 12.4. The summed E-state index contributed by atoms with van der Waals surface area (Å²) < 4.78 is 14.2. The van der Waals surface area contributed by atoms with Crippen LogP contribution in [0.2, 0.25) is 0 Å². The van der Waals surface area contributed by atoms with Gasteiger partial charge in [-0.05, 0) is 36.8 Å². The van der Waals surface area contributed by atoms with Crippen molar-refractivity contribution in [3.63, 3.8) is 0 Å². The van der Waals surface area contributed by atoms with E-state index < -0.39 is 11.6 Å². The van der Waals surface area contributed by atoms with Crippen LogP contribution in [0, 0.1) is 12.7 Å². The highest BCUT2D eigenvalue weighted by molar-refractivity contribution is 9.10. The van der Waals surface area contributed by atoms with E-state index in [1.54, 1.807) is 25.1 Å². The molecule has 0 amide bonds. The van der Waals surface area contributed by atoms with Crippen molar-refractivity contribution in [3.8, 4) is 0 Å². The van der Waals surface area contributed by atoms with Crippen LogP contribution in [0.15, 0.2) is 41.0 Å². The molecule has 0 saturated heterocycles. The molecule has 1 aromatic heterocycles. The van der Waals surface area contributed by atoms with Crippen molar-refractivity contribution >= 4 is 21.7 Å². The first-order valence-electron chi connectivity index (χ1n) is 5.01. The van der Waals surface area contributed by atoms with Gasteiger partial charge in [-0.25, -0.2) is 4.39 Å². The molecule has 0 atom stereocenters. The summed E-state index contributed by atoms with van der Waals surface area (Å²) in [7, 11) is 0. The van der Waals surface area contributed by atoms with Gasteiger partial charge in [0.2, 0.25) is 5.78 Å². The molecular formula is C13H9BrFNO. The number of hydrogen-bond acceptors (Lipinski definition) is 2. The average molecular weight is 294 g/mol. The lowest BCUT2D eigenvalue weighted by atomic mass is 10.0. The number of aromatic nitrogens is 1. The molecule has 1 heterocycles. The van der Waals surface area contributed by atoms with E-state index >= 15 is 0 Å². The van der Waals surface area contributed by atoms with Crippen LogP contribution in [0.3, 0.4) is 0 Å². The second-order valence-corrected chi connectivity index (χ2v) is 4.54. The number of benzene rings is 1. The summed E-state index contributed by atoms with van der Waals surface area (Å²) in [5.41, 5.74) is 1.04. The van der Waals surface area contributed by atoms with Crippen molar-refractivity contribution in [1.82, 2.24) is 4.98 Å². The largest absolute Gasteiger partial charge is 0.287 e. The third kappa shape index (κ3) is 2.42. The second kappa shape index (κ2) is 4.75. The Morgan fingerprint density at radius 2 is 2.12 bits per heavy atom. The Bertz CT molecular complexity index is 583. The predicted octanol–water partition coefficient (Wildman–Crippen LogP) is 3.52. The van der Waals surface area contributed by atoms with E-state index in [-0.39, 0.29) is 11.3 Å². The standard InChI is InChI=1S/C13H9BrFNO/c1-8-3-2-6-16-12(8)13(17)10-7-9(14)4-5-11(10)15/h2-7H,1H3. The summed E-state index contributed by atoms with van der Waals surface area (Å²) in [6, 6.07) is 7.79. The van der Waals surface area contributed by atoms with Crippen molar-refractivity contribution in [2.24, 2.45) is 0 Å². The molecule has 0 aliphatic heterocycles. The van der Waals surface area contributed by atoms with Crippen LogP contribution in [-0.4, -0.2) is 10.8 Å². The van der Waals surface area contributed by atoms with E-state index in [0.29, 0.717) is 4.47 Å². The number of halogens is 2. The molecule has 2 rings (SSSR count). The van der Waals surface area contributed by atoms with Gasteiger partial charge < -0.3 is 0 Å². The summed E-state index contributed by atoms with van der Waals surface area (Å²) in [5, 5.41) is 0. The summed E-state index contributed by atoms with van der Waals surface area (Å²) in [4.78, 5) is 16.1. The topological polar surface area (TPSA) is 30.0 Å². The molecule has 0 spiro atoms. The molecule has 2 nitrogen and oxygen atoms in total. The average Bonchev–Trinajstić information content (AvgIpc) is 2.32. The minimum absolute atomic E-state index is 0.0289. The van der Waals surface area contributed by atoms with E-state index in [9.17, 15) is 9.18 Å². The molecule has 0 saturated carbocycles. The maximum Gasteiger partial charge on any atom is 0.214 e. The van der Waals surface area contributed by atoms with Crippen LogP contribution in [0.25, 0.3) is 0 Å². The van der Waals surface area contributed by atoms with Gasteiger partial charge in [0.05, 0.1) is 5.56 Å². The Hall–Kier alpha value is -1.55. The lowest BCUT2D eigenvalue weighted by Crippen LogP contribution is -2.08. The van der Waals surface area contributed by atoms with E-state index in [1.807, 2.05) is 0 Å². The molecule has 0 aliphatic carbocycles. The van der Waals surface area contributed by atoms with Crippen molar-refractivity contribution < 1.29 is 9.18 Å². The van der Waals surface area contributed by atoms with E-state index in [0.717, 1.165) is 5.56 Å². The van der Waals surface area contributed by atoms with Crippen LogP contribution in [0.5, 0.6) is 0 Å². The second-order valence-electron chi connectivity index (χ2n) is 3.62. The maximum atomic E-state index is 13.6. The van der Waals surface area contributed by atoms with E-state index in [4.69, 9.17) is 0 Å². The first-order chi connectivity index (χ1) is 8.09. The maximum absolute atomic E-state index is 13.6. The molecule has 0 fully saturated rings. The molecule has 0 aliphatic rings. The Labute approximate surface area is 107 Å². The molecule has 1 aromatic carbocycles. The smallest absolute Gasteiger partial charge is 0.214 e. The number of carbonyl (C=O) groups is 1. The Morgan fingerprint density at radius 3 is 2.82 bits per heavy atom. The van der Waals surface area contributed by atoms with Crippen LogP contribution in [0.4, 0.5) is 4.39 Å². The first-order valence-corrected chi connectivity index (χ1v) is 5.80. The number of hydrogen-bond donors (Lipinski definition) is 0. The van der Waals surface area contributed by atoms with Gasteiger partial charge in [0, 0.05) is 10.7 Å². The quantitative estimate of drug-likeness (QED) is 0.793. The molecule has 0 radical (unpaired) electrons. The van der Waals surface area contributed by atoms with Crippen molar-refractivity contribution in [3.05, 3.63) is 63.6 Å². The highest BCUT2D eigenvalue weighted by Gasteiger charge is 2.17. The summed E-state index contributed by atoms with van der Waals surface area (Å²) in [6.45, 7) is 1.77. The molecule has 4 heteroatoms. The molecule has 0 N–H and O–H groups in total.